The molecule has 3 aliphatic heterocycles. The van der Waals surface area contributed by atoms with Gasteiger partial charge in [0.1, 0.15) is 24.2 Å². The van der Waals surface area contributed by atoms with Crippen LogP contribution in [0.2, 0.25) is 0 Å². The summed E-state index contributed by atoms with van der Waals surface area (Å²) in [4.78, 5) is 84.1. The molecule has 64 heavy (non-hydrogen) atoms. The summed E-state index contributed by atoms with van der Waals surface area (Å²) in [6, 6.07) is 22.0. The Morgan fingerprint density at radius 2 is 0.922 bits per heavy atom. The topological polar surface area (TPSA) is 179 Å². The normalized spacial score (nSPS) is 21.7. The number of hydrogen-bond donors (Lipinski definition) is 4. The molecule has 6 amide bonds. The predicted octanol–water partition coefficient (Wildman–Crippen LogP) is 7.27. The monoisotopic (exact) mass is 877 g/mol. The van der Waals surface area contributed by atoms with E-state index >= 15 is 0 Å². The Bertz CT molecular complexity index is 2030. The summed E-state index contributed by atoms with van der Waals surface area (Å²) in [6.45, 7) is 8.23. The highest BCUT2D eigenvalue weighted by molar-refractivity contribution is 5.99. The summed E-state index contributed by atoms with van der Waals surface area (Å²) in [5.74, 6) is -0.890. The number of hydrogen-bond acceptors (Lipinski definition) is 9. The first kappa shape index (κ1) is 45.9. The molecule has 4 N–H and O–H groups in total. The fraction of sp³-hybridized carbons (Fsp3) is 0.510. The summed E-state index contributed by atoms with van der Waals surface area (Å²) in [5, 5.41) is 11.3. The first-order chi connectivity index (χ1) is 30.8. The van der Waals surface area contributed by atoms with E-state index in [1.165, 1.54) is 32.6 Å². The van der Waals surface area contributed by atoms with E-state index in [-0.39, 0.29) is 47.5 Å². The van der Waals surface area contributed by atoms with Gasteiger partial charge in [0.15, 0.2) is 0 Å². The third kappa shape index (κ3) is 10.3. The lowest BCUT2D eigenvalue weighted by atomic mass is 10.0. The minimum absolute atomic E-state index is 0.0494. The molecule has 0 spiro atoms. The molecular weight excluding hydrogens is 815 g/mol. The van der Waals surface area contributed by atoms with Gasteiger partial charge in [-0.05, 0) is 122 Å². The number of likely N-dealkylation sites (tertiary alicyclic amines) is 2. The molecule has 6 atom stereocenters. The minimum Gasteiger partial charge on any atom is -0.453 e. The second kappa shape index (κ2) is 20.2. The molecule has 3 aromatic carbocycles. The second-order valence-electron chi connectivity index (χ2n) is 18.2. The SMILES string of the molecule is COC(=O)N[C@H](C(=O)N1CCC[C@H]1C(=O)Nc1ccc([C@@H]2CC[C@@H](c3ccc(NC(=O)[C@@H]4CCCN4C(=O)[C@@H](NC(=O)OC)C(C)C)cc3)N2c2ccc(C3CC3)cc2)cc1)C(C)C. The van der Waals surface area contributed by atoms with Crippen LogP contribution in [0.25, 0.3) is 0 Å². The van der Waals surface area contributed by atoms with Crippen LogP contribution in [-0.2, 0) is 28.7 Å². The van der Waals surface area contributed by atoms with Crippen LogP contribution in [0.15, 0.2) is 72.8 Å². The molecule has 0 unspecified atom stereocenters. The fourth-order valence-corrected chi connectivity index (χ4v) is 9.55. The van der Waals surface area contributed by atoms with Gasteiger partial charge < -0.3 is 45.4 Å². The van der Waals surface area contributed by atoms with Crippen molar-refractivity contribution in [3.8, 4) is 0 Å². The summed E-state index contributed by atoms with van der Waals surface area (Å²) in [6.07, 6.45) is 5.27. The number of amides is 6. The molecule has 3 heterocycles. The number of ether oxygens (including phenoxy) is 2. The Morgan fingerprint density at radius 3 is 1.28 bits per heavy atom. The molecule has 0 radical (unpaired) electrons. The van der Waals surface area contributed by atoms with E-state index in [0.29, 0.717) is 56.1 Å². The van der Waals surface area contributed by atoms with Crippen molar-refractivity contribution in [1.82, 2.24) is 20.4 Å². The van der Waals surface area contributed by atoms with Crippen LogP contribution >= 0.6 is 0 Å². The molecule has 7 rings (SSSR count). The van der Waals surface area contributed by atoms with Crippen LogP contribution in [0.1, 0.15) is 114 Å². The minimum atomic E-state index is -0.809. The van der Waals surface area contributed by atoms with Gasteiger partial charge in [-0.15, -0.1) is 0 Å². The third-order valence-electron chi connectivity index (χ3n) is 13.2. The van der Waals surface area contributed by atoms with E-state index in [2.05, 4.69) is 74.7 Å². The van der Waals surface area contributed by atoms with E-state index in [0.717, 1.165) is 29.7 Å². The number of alkyl carbamates (subject to hydrolysis) is 2. The van der Waals surface area contributed by atoms with Gasteiger partial charge in [0.25, 0.3) is 0 Å². The zero-order chi connectivity index (χ0) is 45.7. The molecule has 342 valence electrons. The maximum absolute atomic E-state index is 13.7. The number of nitrogens with zero attached hydrogens (tertiary/aromatic N) is 3. The molecule has 3 aromatic rings. The number of methoxy groups -OCH3 is 2. The van der Waals surface area contributed by atoms with Crippen molar-refractivity contribution in [3.63, 3.8) is 0 Å². The molecule has 1 aliphatic carbocycles. The average Bonchev–Trinajstić information content (AvgIpc) is 3.62. The summed E-state index contributed by atoms with van der Waals surface area (Å²) in [7, 11) is 2.51. The molecule has 3 saturated heterocycles. The number of rotatable bonds is 14. The number of nitrogens with one attached hydrogen (secondary N) is 4. The zero-order valence-electron chi connectivity index (χ0n) is 37.8. The van der Waals surface area contributed by atoms with Crippen molar-refractivity contribution in [2.45, 2.75) is 121 Å². The number of carbonyl (C=O) groups excluding carboxylic acids is 6. The van der Waals surface area contributed by atoms with Crippen molar-refractivity contribution in [2.75, 3.05) is 42.8 Å². The van der Waals surface area contributed by atoms with Crippen LogP contribution in [0.4, 0.5) is 26.7 Å². The first-order valence-corrected chi connectivity index (χ1v) is 22.8. The van der Waals surface area contributed by atoms with Gasteiger partial charge in [0.05, 0.1) is 26.3 Å². The number of benzene rings is 3. The van der Waals surface area contributed by atoms with E-state index in [1.54, 1.807) is 9.80 Å². The smallest absolute Gasteiger partial charge is 0.407 e. The predicted molar refractivity (Wildman–Crippen MR) is 244 cm³/mol. The quantitative estimate of drug-likeness (QED) is 0.130. The largest absolute Gasteiger partial charge is 0.453 e. The van der Waals surface area contributed by atoms with Crippen LogP contribution in [0.3, 0.4) is 0 Å². The van der Waals surface area contributed by atoms with Crippen LogP contribution in [0.5, 0.6) is 0 Å². The Balaban J connectivity index is 1.04. The number of carbonyl (C=O) groups is 6. The highest BCUT2D eigenvalue weighted by Crippen LogP contribution is 2.48. The third-order valence-corrected chi connectivity index (χ3v) is 13.2. The second-order valence-corrected chi connectivity index (χ2v) is 18.2. The molecule has 0 aromatic heterocycles. The summed E-state index contributed by atoms with van der Waals surface area (Å²) in [5.41, 5.74) is 5.97. The molecule has 15 nitrogen and oxygen atoms in total. The van der Waals surface area contributed by atoms with E-state index in [1.807, 2.05) is 52.0 Å². The van der Waals surface area contributed by atoms with Crippen molar-refractivity contribution in [2.24, 2.45) is 11.8 Å². The number of anilines is 3. The molecule has 4 fully saturated rings. The Labute approximate surface area is 376 Å². The Hall–Kier alpha value is -6.12. The van der Waals surface area contributed by atoms with Gasteiger partial charge in [-0.1, -0.05) is 64.1 Å². The van der Waals surface area contributed by atoms with Gasteiger partial charge in [-0.25, -0.2) is 9.59 Å². The van der Waals surface area contributed by atoms with Gasteiger partial charge in [0, 0.05) is 30.2 Å². The van der Waals surface area contributed by atoms with Crippen molar-refractivity contribution in [3.05, 3.63) is 89.5 Å². The molecular formula is C49H63N7O8. The molecule has 0 bridgehead atoms. The lowest BCUT2D eigenvalue weighted by molar-refractivity contribution is -0.139. The highest BCUT2D eigenvalue weighted by Gasteiger charge is 2.41. The first-order valence-electron chi connectivity index (χ1n) is 22.8. The van der Waals surface area contributed by atoms with Crippen molar-refractivity contribution < 1.29 is 38.2 Å². The maximum Gasteiger partial charge on any atom is 0.407 e. The van der Waals surface area contributed by atoms with Gasteiger partial charge in [0.2, 0.25) is 23.6 Å². The Morgan fingerprint density at radius 1 is 0.531 bits per heavy atom. The van der Waals surface area contributed by atoms with Crippen molar-refractivity contribution in [1.29, 1.82) is 0 Å². The average molecular weight is 878 g/mol. The van der Waals surface area contributed by atoms with Crippen molar-refractivity contribution >= 4 is 52.9 Å². The van der Waals surface area contributed by atoms with Gasteiger partial charge in [-0.3, -0.25) is 19.2 Å². The highest BCUT2D eigenvalue weighted by atomic mass is 16.5. The Kier molecular flexibility index (Phi) is 14.4. The lowest BCUT2D eigenvalue weighted by Crippen LogP contribution is -2.54. The molecule has 4 aliphatic rings. The zero-order valence-corrected chi connectivity index (χ0v) is 37.8. The van der Waals surface area contributed by atoms with Crippen LogP contribution < -0.4 is 26.2 Å². The summed E-state index contributed by atoms with van der Waals surface area (Å²) < 4.78 is 9.48. The van der Waals surface area contributed by atoms with Crippen LogP contribution in [-0.4, -0.2) is 97.1 Å². The standard InChI is InChI=1S/C49H63N7O8/c1-29(2)42(52-48(61)63-5)46(59)54-27-7-9-40(54)44(57)50-35-19-13-33(14-20-35)38-25-26-39(56(38)37-23-17-32(18-24-37)31-11-12-31)34-15-21-36(22-16-34)51-45(58)41-10-8-28-55(41)47(60)43(30(3)4)53-49(62)64-6/h13-24,29-31,38-43H,7-12,25-28H2,1-6H3,(H,50,57)(H,51,58)(H,52,61)(H,53,62)/t38-,39-,40-,41-,42-,43-/m0/s1. The molecule has 15 heteroatoms. The van der Waals surface area contributed by atoms with E-state index < -0.39 is 36.4 Å². The van der Waals surface area contributed by atoms with E-state index in [9.17, 15) is 28.8 Å². The summed E-state index contributed by atoms with van der Waals surface area (Å²) >= 11 is 0. The lowest BCUT2D eigenvalue weighted by Gasteiger charge is -2.34. The molecule has 1 saturated carbocycles. The van der Waals surface area contributed by atoms with Gasteiger partial charge >= 0.3 is 12.2 Å². The van der Waals surface area contributed by atoms with Gasteiger partial charge in [-0.2, -0.15) is 0 Å². The maximum atomic E-state index is 13.7. The van der Waals surface area contributed by atoms with Crippen LogP contribution in [0, 0.1) is 11.8 Å². The van der Waals surface area contributed by atoms with E-state index in [4.69, 9.17) is 9.47 Å². The fourth-order valence-electron chi connectivity index (χ4n) is 9.55.